The first-order chi connectivity index (χ1) is 12.6. The Bertz CT molecular complexity index is 812. The van der Waals surface area contributed by atoms with Crippen LogP contribution in [0.4, 0.5) is 0 Å². The minimum absolute atomic E-state index is 0.0283. The van der Waals surface area contributed by atoms with E-state index in [0.29, 0.717) is 18.1 Å². The molecule has 138 valence electrons. The van der Waals surface area contributed by atoms with E-state index in [-0.39, 0.29) is 18.8 Å². The summed E-state index contributed by atoms with van der Waals surface area (Å²) in [6, 6.07) is 9.35. The van der Waals surface area contributed by atoms with Crippen molar-refractivity contribution in [2.45, 2.75) is 29.7 Å². The molecule has 26 heavy (non-hydrogen) atoms. The lowest BCUT2D eigenvalue weighted by molar-refractivity contribution is 0.0518. The van der Waals surface area contributed by atoms with Crippen molar-refractivity contribution >= 4 is 17.7 Å². The number of nitrogens with zero attached hydrogens (tertiary/aromatic N) is 2. The highest BCUT2D eigenvalue weighted by molar-refractivity contribution is 7.98. The zero-order valence-corrected chi connectivity index (χ0v) is 15.2. The maximum atomic E-state index is 12.7. The molecule has 0 saturated carbocycles. The normalized spacial score (nSPS) is 19.5. The molecule has 2 aromatic rings. The van der Waals surface area contributed by atoms with Crippen LogP contribution in [0.25, 0.3) is 0 Å². The van der Waals surface area contributed by atoms with E-state index in [4.69, 9.17) is 4.74 Å². The second kappa shape index (κ2) is 8.48. The molecule has 3 rings (SSSR count). The molecule has 2 heterocycles. The summed E-state index contributed by atoms with van der Waals surface area (Å²) in [5.74, 6) is 0.561. The summed E-state index contributed by atoms with van der Waals surface area (Å²) in [6.07, 6.45) is 0.569. The number of aliphatic hydroxyl groups is 1. The number of amides is 1. The number of hydrogen-bond donors (Lipinski definition) is 2. The Balaban J connectivity index is 1.72. The fourth-order valence-electron chi connectivity index (χ4n) is 2.84. The molecule has 1 saturated heterocycles. The first kappa shape index (κ1) is 18.6. The number of aliphatic hydroxyl groups excluding tert-OH is 1. The smallest absolute Gasteiger partial charge is 0.263 e. The maximum absolute atomic E-state index is 12.7. The van der Waals surface area contributed by atoms with E-state index in [9.17, 15) is 14.7 Å². The van der Waals surface area contributed by atoms with Gasteiger partial charge >= 0.3 is 0 Å². The van der Waals surface area contributed by atoms with Crippen molar-refractivity contribution in [3.8, 4) is 0 Å². The summed E-state index contributed by atoms with van der Waals surface area (Å²) in [7, 11) is 0. The van der Waals surface area contributed by atoms with Gasteiger partial charge in [-0.25, -0.2) is 4.98 Å². The number of carbonyl (C=O) groups excluding carboxylic acids is 1. The summed E-state index contributed by atoms with van der Waals surface area (Å²) in [5.41, 5.74) is -0.500. The number of thioether (sulfide) groups is 1. The molecule has 0 aliphatic carbocycles. The van der Waals surface area contributed by atoms with Crippen molar-refractivity contribution in [2.75, 3.05) is 19.8 Å². The predicted octanol–water partition coefficient (Wildman–Crippen LogP) is 1.28. The Morgan fingerprint density at radius 3 is 2.77 bits per heavy atom. The maximum Gasteiger partial charge on any atom is 0.263 e. The molecular formula is C18H21N3O4S. The van der Waals surface area contributed by atoms with E-state index in [1.54, 1.807) is 18.7 Å². The molecule has 1 aromatic heterocycles. The van der Waals surface area contributed by atoms with Gasteiger partial charge in [0.1, 0.15) is 11.4 Å². The third-order valence-corrected chi connectivity index (χ3v) is 5.25. The number of nitrogens with one attached hydrogen (secondary N) is 1. The van der Waals surface area contributed by atoms with E-state index < -0.39 is 23.6 Å². The van der Waals surface area contributed by atoms with Crippen LogP contribution in [0.3, 0.4) is 0 Å². The molecule has 8 heteroatoms. The van der Waals surface area contributed by atoms with Crippen molar-refractivity contribution in [2.24, 2.45) is 0 Å². The number of likely N-dealkylation sites (N-methyl/N-ethyl adjacent to an activating group) is 1. The zero-order valence-electron chi connectivity index (χ0n) is 14.4. The van der Waals surface area contributed by atoms with Crippen LogP contribution < -0.4 is 5.56 Å². The van der Waals surface area contributed by atoms with E-state index in [0.717, 1.165) is 4.90 Å². The Morgan fingerprint density at radius 2 is 2.15 bits per heavy atom. The van der Waals surface area contributed by atoms with Gasteiger partial charge in [0.2, 0.25) is 0 Å². The Labute approximate surface area is 155 Å². The van der Waals surface area contributed by atoms with Crippen LogP contribution in [0.5, 0.6) is 0 Å². The van der Waals surface area contributed by atoms with Crippen LogP contribution in [0.15, 0.2) is 46.2 Å². The predicted molar refractivity (Wildman–Crippen MR) is 98.2 cm³/mol. The SMILES string of the molecule is CCN(C(=O)c1cnc(CSc2ccccc2)[nH]c1=O)[C@H]1COC[C@@H]1O. The third kappa shape index (κ3) is 4.14. The lowest BCUT2D eigenvalue weighted by Gasteiger charge is -2.28. The van der Waals surface area contributed by atoms with Gasteiger partial charge in [0.15, 0.2) is 0 Å². The fourth-order valence-corrected chi connectivity index (χ4v) is 3.64. The Hall–Kier alpha value is -2.16. The van der Waals surface area contributed by atoms with Crippen molar-refractivity contribution in [3.63, 3.8) is 0 Å². The van der Waals surface area contributed by atoms with Gasteiger partial charge in [-0.2, -0.15) is 0 Å². The molecule has 1 fully saturated rings. The fraction of sp³-hybridized carbons (Fsp3) is 0.389. The number of aromatic amines is 1. The van der Waals surface area contributed by atoms with Crippen LogP contribution in [0, 0.1) is 0 Å². The van der Waals surface area contributed by atoms with Crippen molar-refractivity contribution in [1.82, 2.24) is 14.9 Å². The van der Waals surface area contributed by atoms with Crippen molar-refractivity contribution in [1.29, 1.82) is 0 Å². The molecule has 1 aromatic carbocycles. The summed E-state index contributed by atoms with van der Waals surface area (Å²) in [5, 5.41) is 9.95. The monoisotopic (exact) mass is 375 g/mol. The summed E-state index contributed by atoms with van der Waals surface area (Å²) >= 11 is 1.55. The molecule has 1 amide bonds. The van der Waals surface area contributed by atoms with Gasteiger partial charge in [0.25, 0.3) is 11.5 Å². The minimum Gasteiger partial charge on any atom is -0.388 e. The first-order valence-corrected chi connectivity index (χ1v) is 9.41. The average molecular weight is 375 g/mol. The largest absolute Gasteiger partial charge is 0.388 e. The highest BCUT2D eigenvalue weighted by Crippen LogP contribution is 2.20. The van der Waals surface area contributed by atoms with Crippen LogP contribution in [0.1, 0.15) is 23.1 Å². The molecule has 2 N–H and O–H groups in total. The zero-order chi connectivity index (χ0) is 18.5. The number of rotatable bonds is 6. The number of benzene rings is 1. The highest BCUT2D eigenvalue weighted by atomic mass is 32.2. The van der Waals surface area contributed by atoms with Crippen LogP contribution in [-0.4, -0.2) is 57.8 Å². The van der Waals surface area contributed by atoms with E-state index >= 15 is 0 Å². The molecule has 0 spiro atoms. The Kier molecular flexibility index (Phi) is 6.08. The molecule has 0 unspecified atom stereocenters. The quantitative estimate of drug-likeness (QED) is 0.739. The van der Waals surface area contributed by atoms with Gasteiger partial charge < -0.3 is 19.7 Å². The van der Waals surface area contributed by atoms with Gasteiger partial charge in [-0.1, -0.05) is 18.2 Å². The van der Waals surface area contributed by atoms with E-state index in [2.05, 4.69) is 9.97 Å². The van der Waals surface area contributed by atoms with E-state index in [1.807, 2.05) is 30.3 Å². The van der Waals surface area contributed by atoms with Gasteiger partial charge in [-0.05, 0) is 19.1 Å². The van der Waals surface area contributed by atoms with Gasteiger partial charge in [0, 0.05) is 17.6 Å². The molecule has 2 atom stereocenters. The molecular weight excluding hydrogens is 354 g/mol. The Morgan fingerprint density at radius 1 is 1.38 bits per heavy atom. The topological polar surface area (TPSA) is 95.5 Å². The minimum atomic E-state index is -0.743. The first-order valence-electron chi connectivity index (χ1n) is 8.43. The molecule has 0 radical (unpaired) electrons. The second-order valence-electron chi connectivity index (χ2n) is 5.94. The van der Waals surface area contributed by atoms with Crippen molar-refractivity contribution in [3.05, 3.63) is 58.3 Å². The molecule has 1 aliphatic heterocycles. The molecule has 7 nitrogen and oxygen atoms in total. The number of carbonyl (C=O) groups is 1. The van der Waals surface area contributed by atoms with Crippen LogP contribution >= 0.6 is 11.8 Å². The lowest BCUT2D eigenvalue weighted by Crippen LogP contribution is -2.47. The highest BCUT2D eigenvalue weighted by Gasteiger charge is 2.34. The van der Waals surface area contributed by atoms with Crippen LogP contribution in [-0.2, 0) is 10.5 Å². The summed E-state index contributed by atoms with van der Waals surface area (Å²) in [6.45, 7) is 2.63. The average Bonchev–Trinajstić information content (AvgIpc) is 3.07. The molecule has 1 aliphatic rings. The number of H-pyrrole nitrogens is 1. The van der Waals surface area contributed by atoms with Crippen LogP contribution in [0.2, 0.25) is 0 Å². The number of aromatic nitrogens is 2. The second-order valence-corrected chi connectivity index (χ2v) is 6.99. The van der Waals surface area contributed by atoms with Crippen molar-refractivity contribution < 1.29 is 14.6 Å². The number of hydrogen-bond acceptors (Lipinski definition) is 6. The number of ether oxygens (including phenoxy) is 1. The lowest BCUT2D eigenvalue weighted by atomic mass is 10.1. The standard InChI is InChI=1S/C18H21N3O4S/c1-2-21(14-9-25-10-15(14)22)18(24)13-8-19-16(20-17(13)23)11-26-12-6-4-3-5-7-12/h3-8,14-15,22H,2,9-11H2,1H3,(H,19,20,23)/t14-,15-/m0/s1. The van der Waals surface area contributed by atoms with Gasteiger partial charge in [0.05, 0.1) is 31.1 Å². The summed E-state index contributed by atoms with van der Waals surface area (Å²) < 4.78 is 5.21. The summed E-state index contributed by atoms with van der Waals surface area (Å²) in [4.78, 5) is 34.5. The van der Waals surface area contributed by atoms with Gasteiger partial charge in [-0.15, -0.1) is 11.8 Å². The third-order valence-electron chi connectivity index (χ3n) is 4.22. The van der Waals surface area contributed by atoms with Gasteiger partial charge in [-0.3, -0.25) is 9.59 Å². The van der Waals surface area contributed by atoms with E-state index in [1.165, 1.54) is 11.1 Å². The molecule has 0 bridgehead atoms.